The van der Waals surface area contributed by atoms with Crippen molar-refractivity contribution in [3.8, 4) is 0 Å². The molecule has 0 amide bonds. The summed E-state index contributed by atoms with van der Waals surface area (Å²) in [5, 5.41) is 0. The summed E-state index contributed by atoms with van der Waals surface area (Å²) in [6.45, 7) is 6.68. The van der Waals surface area contributed by atoms with Crippen molar-refractivity contribution in [2.75, 3.05) is 6.61 Å². The minimum Gasteiger partial charge on any atom is -0.456 e. The number of carbonyl (C=O) groups excluding carboxylic acids is 2. The molecule has 2 unspecified atom stereocenters. The van der Waals surface area contributed by atoms with Crippen LogP contribution < -0.4 is 0 Å². The SMILES string of the molecule is C=C(O[C@@H]1OC(C)[C@H](OCCCC)C(OC(=O)c2ccccc2)[C@@H]1OC(=O)c1ccccc1)C(F)(F)F. The molecule has 7 nitrogen and oxygen atoms in total. The molecule has 0 aliphatic carbocycles. The molecular formula is C27H29F3O7. The second-order valence-corrected chi connectivity index (χ2v) is 8.41. The van der Waals surface area contributed by atoms with Crippen LogP contribution in [0.1, 0.15) is 47.4 Å². The van der Waals surface area contributed by atoms with E-state index in [1.165, 1.54) is 24.3 Å². The number of ether oxygens (including phenoxy) is 5. The van der Waals surface area contributed by atoms with Gasteiger partial charge in [0.05, 0.1) is 17.2 Å². The van der Waals surface area contributed by atoms with E-state index in [4.69, 9.17) is 23.7 Å². The number of esters is 2. The number of hydrogen-bond acceptors (Lipinski definition) is 7. The Balaban J connectivity index is 1.97. The third-order valence-corrected chi connectivity index (χ3v) is 5.62. The van der Waals surface area contributed by atoms with Crippen molar-refractivity contribution < 1.29 is 46.4 Å². The lowest BCUT2D eigenvalue weighted by Crippen LogP contribution is -2.61. The average Bonchev–Trinajstić information content (AvgIpc) is 2.88. The van der Waals surface area contributed by atoms with E-state index in [9.17, 15) is 22.8 Å². The Morgan fingerprint density at radius 3 is 1.86 bits per heavy atom. The van der Waals surface area contributed by atoms with Crippen LogP contribution in [0.2, 0.25) is 0 Å². The van der Waals surface area contributed by atoms with Gasteiger partial charge in [0.25, 0.3) is 0 Å². The number of carbonyl (C=O) groups is 2. The van der Waals surface area contributed by atoms with Crippen LogP contribution in [-0.2, 0) is 23.7 Å². The van der Waals surface area contributed by atoms with Crippen molar-refractivity contribution in [2.45, 2.75) is 63.6 Å². The maximum atomic E-state index is 13.3. The Labute approximate surface area is 213 Å². The fourth-order valence-electron chi connectivity index (χ4n) is 3.66. The second kappa shape index (κ2) is 12.7. The molecule has 1 heterocycles. The Bertz CT molecular complexity index is 1040. The highest BCUT2D eigenvalue weighted by atomic mass is 19.4. The van der Waals surface area contributed by atoms with Gasteiger partial charge in [-0.25, -0.2) is 9.59 Å². The summed E-state index contributed by atoms with van der Waals surface area (Å²) < 4.78 is 67.7. The van der Waals surface area contributed by atoms with Gasteiger partial charge in [0.1, 0.15) is 6.10 Å². The predicted molar refractivity (Wildman–Crippen MR) is 127 cm³/mol. The third-order valence-electron chi connectivity index (χ3n) is 5.62. The van der Waals surface area contributed by atoms with Gasteiger partial charge in [-0.1, -0.05) is 56.3 Å². The van der Waals surface area contributed by atoms with E-state index in [0.29, 0.717) is 6.42 Å². The van der Waals surface area contributed by atoms with Crippen LogP contribution in [0.3, 0.4) is 0 Å². The molecule has 5 atom stereocenters. The van der Waals surface area contributed by atoms with Gasteiger partial charge in [-0.2, -0.15) is 13.2 Å². The minimum absolute atomic E-state index is 0.131. The molecule has 3 rings (SSSR count). The Kier molecular flexibility index (Phi) is 9.71. The first kappa shape index (κ1) is 28.2. The van der Waals surface area contributed by atoms with Crippen molar-refractivity contribution in [1.82, 2.24) is 0 Å². The molecule has 0 N–H and O–H groups in total. The highest BCUT2D eigenvalue weighted by Gasteiger charge is 2.52. The van der Waals surface area contributed by atoms with E-state index < -0.39 is 54.6 Å². The third kappa shape index (κ3) is 7.56. The van der Waals surface area contributed by atoms with Crippen LogP contribution in [0.25, 0.3) is 0 Å². The molecule has 2 aromatic rings. The van der Waals surface area contributed by atoms with E-state index in [2.05, 4.69) is 6.58 Å². The lowest BCUT2D eigenvalue weighted by atomic mass is 9.98. The first-order valence-corrected chi connectivity index (χ1v) is 11.8. The van der Waals surface area contributed by atoms with Crippen LogP contribution in [0.15, 0.2) is 73.0 Å². The number of rotatable bonds is 10. The number of alkyl halides is 3. The fourth-order valence-corrected chi connectivity index (χ4v) is 3.66. The van der Waals surface area contributed by atoms with E-state index in [0.717, 1.165) is 6.42 Å². The van der Waals surface area contributed by atoms with Crippen molar-refractivity contribution >= 4 is 11.9 Å². The van der Waals surface area contributed by atoms with Gasteiger partial charge in [0.2, 0.25) is 12.4 Å². The van der Waals surface area contributed by atoms with Crippen LogP contribution in [0.4, 0.5) is 13.2 Å². The number of benzene rings is 2. The van der Waals surface area contributed by atoms with Gasteiger partial charge in [-0.15, -0.1) is 0 Å². The van der Waals surface area contributed by atoms with Gasteiger partial charge in [0, 0.05) is 6.61 Å². The summed E-state index contributed by atoms with van der Waals surface area (Å²) in [6.07, 6.45) is -10.0. The molecule has 37 heavy (non-hydrogen) atoms. The van der Waals surface area contributed by atoms with Gasteiger partial charge >= 0.3 is 18.1 Å². The molecule has 1 saturated heterocycles. The maximum Gasteiger partial charge on any atom is 0.448 e. The van der Waals surface area contributed by atoms with Crippen LogP contribution in [0, 0.1) is 0 Å². The molecule has 1 aliphatic rings. The van der Waals surface area contributed by atoms with E-state index >= 15 is 0 Å². The first-order chi connectivity index (χ1) is 17.6. The molecule has 2 aromatic carbocycles. The quantitative estimate of drug-likeness (QED) is 0.233. The van der Waals surface area contributed by atoms with Crippen LogP contribution in [-0.4, -0.2) is 55.4 Å². The lowest BCUT2D eigenvalue weighted by molar-refractivity contribution is -0.299. The molecule has 1 aliphatic heterocycles. The summed E-state index contributed by atoms with van der Waals surface area (Å²) in [6, 6.07) is 15.8. The van der Waals surface area contributed by atoms with Gasteiger partial charge in [0.15, 0.2) is 11.9 Å². The Hall–Kier alpha value is -3.37. The van der Waals surface area contributed by atoms with Crippen molar-refractivity contribution in [3.05, 3.63) is 84.1 Å². The smallest absolute Gasteiger partial charge is 0.448 e. The van der Waals surface area contributed by atoms with Crippen molar-refractivity contribution in [2.24, 2.45) is 0 Å². The van der Waals surface area contributed by atoms with Crippen LogP contribution >= 0.6 is 0 Å². The van der Waals surface area contributed by atoms with Crippen LogP contribution in [0.5, 0.6) is 0 Å². The lowest BCUT2D eigenvalue weighted by Gasteiger charge is -2.44. The van der Waals surface area contributed by atoms with Gasteiger partial charge in [-0.3, -0.25) is 0 Å². The number of halogens is 3. The topological polar surface area (TPSA) is 80.3 Å². The molecule has 0 bridgehead atoms. The average molecular weight is 523 g/mol. The standard InChI is InChI=1S/C27H29F3O7/c1-4-5-16-33-21-17(2)34-26(35-18(3)27(28,29)30)23(37-25(32)20-14-10-7-11-15-20)22(21)36-24(31)19-12-8-6-9-13-19/h6-15,17,21-23,26H,3-5,16H2,1-2H3/t17?,21-,22?,23-,26-/m0/s1. The monoisotopic (exact) mass is 522 g/mol. The maximum absolute atomic E-state index is 13.3. The highest BCUT2D eigenvalue weighted by molar-refractivity contribution is 5.90. The van der Waals surface area contributed by atoms with Crippen molar-refractivity contribution in [1.29, 1.82) is 0 Å². The zero-order valence-electron chi connectivity index (χ0n) is 20.5. The normalized spacial score (nSPS) is 23.6. The zero-order chi connectivity index (χ0) is 27.0. The number of allylic oxidation sites excluding steroid dienone is 1. The first-order valence-electron chi connectivity index (χ1n) is 11.8. The zero-order valence-corrected chi connectivity index (χ0v) is 20.5. The predicted octanol–water partition coefficient (Wildman–Crippen LogP) is 5.46. The molecule has 0 saturated carbocycles. The summed E-state index contributed by atoms with van der Waals surface area (Å²) in [4.78, 5) is 25.9. The molecule has 1 fully saturated rings. The number of hydrogen-bond donors (Lipinski definition) is 0. The Morgan fingerprint density at radius 2 is 1.38 bits per heavy atom. The van der Waals surface area contributed by atoms with Gasteiger partial charge < -0.3 is 23.7 Å². The highest BCUT2D eigenvalue weighted by Crippen LogP contribution is 2.34. The molecule has 200 valence electrons. The summed E-state index contributed by atoms with van der Waals surface area (Å²) in [5.74, 6) is -3.20. The molecule has 10 heteroatoms. The van der Waals surface area contributed by atoms with E-state index in [1.807, 2.05) is 6.92 Å². The molecule has 0 aromatic heterocycles. The molecular weight excluding hydrogens is 493 g/mol. The fraction of sp³-hybridized carbons (Fsp3) is 0.407. The van der Waals surface area contributed by atoms with E-state index in [-0.39, 0.29) is 17.7 Å². The van der Waals surface area contributed by atoms with E-state index in [1.54, 1.807) is 43.3 Å². The number of unbranched alkanes of at least 4 members (excludes halogenated alkanes) is 1. The largest absolute Gasteiger partial charge is 0.456 e. The summed E-state index contributed by atoms with van der Waals surface area (Å²) in [5.41, 5.74) is 0.324. The summed E-state index contributed by atoms with van der Waals surface area (Å²) >= 11 is 0. The minimum atomic E-state index is -4.90. The molecule has 0 radical (unpaired) electrons. The van der Waals surface area contributed by atoms with Gasteiger partial charge in [-0.05, 0) is 37.6 Å². The summed E-state index contributed by atoms with van der Waals surface area (Å²) in [7, 11) is 0. The van der Waals surface area contributed by atoms with Crippen molar-refractivity contribution in [3.63, 3.8) is 0 Å². The Morgan fingerprint density at radius 1 is 0.865 bits per heavy atom. The second-order valence-electron chi connectivity index (χ2n) is 8.41. The molecule has 0 spiro atoms.